The first-order valence-electron chi connectivity index (χ1n) is 12.4. The molecule has 0 aromatic heterocycles. The quantitative estimate of drug-likeness (QED) is 0.543. The van der Waals surface area contributed by atoms with Crippen LogP contribution in [0.1, 0.15) is 57.8 Å². The fraction of sp³-hybridized carbons (Fsp3) is 0.625. The van der Waals surface area contributed by atoms with E-state index in [0.29, 0.717) is 24.5 Å². The van der Waals surface area contributed by atoms with Gasteiger partial charge >= 0.3 is 0 Å². The van der Waals surface area contributed by atoms with Gasteiger partial charge in [0.2, 0.25) is 11.8 Å². The predicted molar refractivity (Wildman–Crippen MR) is 131 cm³/mol. The first-order valence-corrected chi connectivity index (χ1v) is 13.9. The fourth-order valence-corrected chi connectivity index (χ4v) is 6.04. The monoisotopic (exact) mass is 489 g/mol. The van der Waals surface area contributed by atoms with Gasteiger partial charge in [-0.15, -0.1) is 0 Å². The summed E-state index contributed by atoms with van der Waals surface area (Å²) in [6.07, 6.45) is 8.64. The van der Waals surface area contributed by atoms with Crippen molar-refractivity contribution in [2.75, 3.05) is 31.5 Å². The van der Waals surface area contributed by atoms with Crippen LogP contribution in [0.2, 0.25) is 0 Å². The van der Waals surface area contributed by atoms with E-state index < -0.39 is 10.0 Å². The van der Waals surface area contributed by atoms with Crippen LogP contribution in [0, 0.1) is 5.92 Å². The van der Waals surface area contributed by atoms with Crippen molar-refractivity contribution in [3.05, 3.63) is 24.3 Å². The molecule has 0 atom stereocenters. The average Bonchev–Trinajstić information content (AvgIpc) is 3.33. The van der Waals surface area contributed by atoms with Gasteiger partial charge in [-0.05, 0) is 50.3 Å². The van der Waals surface area contributed by atoms with E-state index in [9.17, 15) is 18.0 Å². The lowest BCUT2D eigenvalue weighted by Gasteiger charge is -2.33. The summed E-state index contributed by atoms with van der Waals surface area (Å²) in [6, 6.07) is 6.42. The number of nitrogens with zero attached hydrogens (tertiary/aromatic N) is 2. The molecule has 2 aliphatic heterocycles. The van der Waals surface area contributed by atoms with Crippen LogP contribution in [0.15, 0.2) is 34.2 Å². The minimum absolute atomic E-state index is 0.0921. The normalized spacial score (nSPS) is 20.5. The Bertz CT molecular complexity index is 1010. The van der Waals surface area contributed by atoms with Gasteiger partial charge in [-0.25, -0.2) is 8.42 Å². The third-order valence-electron chi connectivity index (χ3n) is 6.83. The maximum atomic E-state index is 12.6. The number of nitrogens with one attached hydrogen (secondary N) is 3. The zero-order valence-corrected chi connectivity index (χ0v) is 20.4. The van der Waals surface area contributed by atoms with Crippen molar-refractivity contribution in [3.63, 3.8) is 0 Å². The lowest BCUT2D eigenvalue weighted by atomic mass is 9.88. The van der Waals surface area contributed by atoms with Gasteiger partial charge in [-0.3, -0.25) is 24.2 Å². The molecule has 3 aliphatic rings. The van der Waals surface area contributed by atoms with Crippen LogP contribution in [-0.2, 0) is 19.6 Å². The molecule has 2 amide bonds. The molecule has 2 heterocycles. The molecule has 186 valence electrons. The van der Waals surface area contributed by atoms with Crippen LogP contribution in [0.3, 0.4) is 0 Å². The number of anilines is 1. The van der Waals surface area contributed by atoms with Gasteiger partial charge in [0.25, 0.3) is 10.0 Å². The Morgan fingerprint density at radius 3 is 2.50 bits per heavy atom. The number of carbonyl (C=O) groups excluding carboxylic acids is 2. The maximum Gasteiger partial charge on any atom is 0.262 e. The zero-order valence-electron chi connectivity index (χ0n) is 19.6. The molecule has 0 unspecified atom stereocenters. The number of likely N-dealkylation sites (tertiary alicyclic amines) is 1. The van der Waals surface area contributed by atoms with Crippen molar-refractivity contribution in [1.82, 2.24) is 14.9 Å². The van der Waals surface area contributed by atoms with Crippen LogP contribution >= 0.6 is 0 Å². The van der Waals surface area contributed by atoms with Crippen molar-refractivity contribution in [3.8, 4) is 0 Å². The van der Waals surface area contributed by atoms with E-state index in [4.69, 9.17) is 0 Å². The summed E-state index contributed by atoms with van der Waals surface area (Å²) < 4.78 is 27.7. The van der Waals surface area contributed by atoms with Crippen LogP contribution < -0.4 is 15.4 Å². The number of aliphatic imine (C=N–C) groups is 1. The highest BCUT2D eigenvalue weighted by Gasteiger charge is 2.26. The number of benzene rings is 1. The van der Waals surface area contributed by atoms with Gasteiger partial charge in [0.05, 0.1) is 11.4 Å². The van der Waals surface area contributed by atoms with Crippen LogP contribution in [0.4, 0.5) is 5.69 Å². The van der Waals surface area contributed by atoms with E-state index >= 15 is 0 Å². The number of carbonyl (C=O) groups is 2. The van der Waals surface area contributed by atoms with Gasteiger partial charge < -0.3 is 10.6 Å². The predicted octanol–water partition coefficient (Wildman–Crippen LogP) is 2.26. The molecule has 9 nitrogen and oxygen atoms in total. The molecule has 2 fully saturated rings. The van der Waals surface area contributed by atoms with Gasteiger partial charge in [-0.1, -0.05) is 25.3 Å². The number of hydrogen-bond acceptors (Lipinski definition) is 6. The second-order valence-corrected chi connectivity index (χ2v) is 11.2. The third kappa shape index (κ3) is 6.79. The second kappa shape index (κ2) is 11.3. The molecule has 34 heavy (non-hydrogen) atoms. The van der Waals surface area contributed by atoms with Gasteiger partial charge in [0.15, 0.2) is 0 Å². The lowest BCUT2D eigenvalue weighted by molar-refractivity contribution is -0.127. The molecule has 0 radical (unpaired) electrons. The van der Waals surface area contributed by atoms with E-state index in [1.165, 1.54) is 18.6 Å². The Balaban J connectivity index is 1.23. The first-order chi connectivity index (χ1) is 16.4. The third-order valence-corrected chi connectivity index (χ3v) is 8.21. The van der Waals surface area contributed by atoms with Crippen molar-refractivity contribution in [1.29, 1.82) is 0 Å². The summed E-state index contributed by atoms with van der Waals surface area (Å²) >= 11 is 0. The Hall–Kier alpha value is -2.46. The number of hydrogen-bond donors (Lipinski definition) is 3. The highest BCUT2D eigenvalue weighted by atomic mass is 32.2. The Morgan fingerprint density at radius 1 is 1.03 bits per heavy atom. The van der Waals surface area contributed by atoms with Crippen molar-refractivity contribution >= 4 is 33.4 Å². The molecule has 1 saturated carbocycles. The lowest BCUT2D eigenvalue weighted by Crippen LogP contribution is -2.48. The Labute approximate surface area is 201 Å². The minimum Gasteiger partial charge on any atom is -0.353 e. The standard InChI is InChI=1S/C24H35N5O4S/c30-23(17-29-14-11-19(12-15-29)27-24(31)18-6-2-1-3-7-18)26-20-8-4-9-21(16-20)34(32,33)28-22-10-5-13-25-22/h4,8-9,16,18-19H,1-3,5-7,10-15,17H2,(H,25,28)(H,26,30)(H,27,31). The van der Waals surface area contributed by atoms with E-state index in [1.807, 2.05) is 0 Å². The first kappa shape index (κ1) is 24.7. The second-order valence-electron chi connectivity index (χ2n) is 9.51. The Morgan fingerprint density at radius 2 is 1.79 bits per heavy atom. The van der Waals surface area contributed by atoms with Crippen LogP contribution in [0.25, 0.3) is 0 Å². The summed E-state index contributed by atoms with van der Waals surface area (Å²) in [6.45, 7) is 2.35. The molecule has 3 N–H and O–H groups in total. The summed E-state index contributed by atoms with van der Waals surface area (Å²) in [4.78, 5) is 31.4. The van der Waals surface area contributed by atoms with Gasteiger partial charge in [0.1, 0.15) is 5.84 Å². The molecule has 0 spiro atoms. The summed E-state index contributed by atoms with van der Waals surface area (Å²) in [5, 5.41) is 6.02. The van der Waals surface area contributed by atoms with Crippen LogP contribution in [-0.4, -0.2) is 63.2 Å². The molecule has 1 aliphatic carbocycles. The molecule has 0 bridgehead atoms. The van der Waals surface area contributed by atoms with E-state index in [-0.39, 0.29) is 35.2 Å². The molecular weight excluding hydrogens is 454 g/mol. The highest BCUT2D eigenvalue weighted by Crippen LogP contribution is 2.24. The molecule has 1 aromatic rings. The molecule has 4 rings (SSSR count). The van der Waals surface area contributed by atoms with Crippen molar-refractivity contribution in [2.24, 2.45) is 10.9 Å². The van der Waals surface area contributed by atoms with E-state index in [2.05, 4.69) is 25.2 Å². The number of amides is 2. The van der Waals surface area contributed by atoms with Gasteiger partial charge in [-0.2, -0.15) is 0 Å². The fourth-order valence-electron chi connectivity index (χ4n) is 4.90. The van der Waals surface area contributed by atoms with Crippen molar-refractivity contribution < 1.29 is 18.0 Å². The summed E-state index contributed by atoms with van der Waals surface area (Å²) in [5.74, 6) is 0.652. The molecule has 1 saturated heterocycles. The largest absolute Gasteiger partial charge is 0.353 e. The molecule has 10 heteroatoms. The zero-order chi connectivity index (χ0) is 24.0. The van der Waals surface area contributed by atoms with Crippen LogP contribution in [0.5, 0.6) is 0 Å². The maximum absolute atomic E-state index is 12.6. The topological polar surface area (TPSA) is 120 Å². The van der Waals surface area contributed by atoms with E-state index in [0.717, 1.165) is 58.0 Å². The average molecular weight is 490 g/mol. The number of piperidine rings is 1. The molecule has 1 aromatic carbocycles. The number of amidine groups is 1. The summed E-state index contributed by atoms with van der Waals surface area (Å²) in [5.41, 5.74) is 0.441. The SMILES string of the molecule is O=C(CN1CCC(NC(=O)C2CCCCC2)CC1)Nc1cccc(S(=O)(=O)NC2=NCCC2)c1. The Kier molecular flexibility index (Phi) is 8.20. The number of rotatable bonds is 7. The van der Waals surface area contributed by atoms with Crippen molar-refractivity contribution in [2.45, 2.75) is 68.7 Å². The highest BCUT2D eigenvalue weighted by molar-refractivity contribution is 7.90. The van der Waals surface area contributed by atoms with E-state index in [1.54, 1.807) is 12.1 Å². The number of sulfonamides is 1. The molecular formula is C24H35N5O4S. The minimum atomic E-state index is -3.73. The summed E-state index contributed by atoms with van der Waals surface area (Å²) in [7, 11) is -3.73. The smallest absolute Gasteiger partial charge is 0.262 e. The van der Waals surface area contributed by atoms with Gasteiger partial charge in [0, 0.05) is 43.7 Å².